The topological polar surface area (TPSA) is 56.5 Å². The van der Waals surface area contributed by atoms with Crippen LogP contribution < -0.4 is 20.7 Å². The lowest BCUT2D eigenvalue weighted by molar-refractivity contribution is 0.377. The monoisotopic (exact) mass is 354 g/mol. The minimum Gasteiger partial charge on any atom is -0.496 e. The highest BCUT2D eigenvalue weighted by Crippen LogP contribution is 2.39. The second-order valence-corrected chi connectivity index (χ2v) is 5.11. The van der Waals surface area contributed by atoms with Gasteiger partial charge >= 0.3 is 0 Å². The van der Waals surface area contributed by atoms with Gasteiger partial charge in [-0.05, 0) is 39.7 Å². The number of methoxy groups -OCH3 is 2. The molecule has 0 spiro atoms. The van der Waals surface area contributed by atoms with Crippen LogP contribution in [0.4, 0.5) is 4.39 Å². The van der Waals surface area contributed by atoms with E-state index in [4.69, 9.17) is 15.3 Å². The summed E-state index contributed by atoms with van der Waals surface area (Å²) >= 11 is 3.26. The van der Waals surface area contributed by atoms with Crippen molar-refractivity contribution in [3.05, 3.63) is 57.8 Å². The van der Waals surface area contributed by atoms with Gasteiger partial charge in [0, 0.05) is 0 Å². The molecule has 0 saturated carbocycles. The molecule has 2 rings (SSSR count). The van der Waals surface area contributed by atoms with Crippen molar-refractivity contribution >= 4 is 15.9 Å². The number of ether oxygens (including phenoxy) is 2. The summed E-state index contributed by atoms with van der Waals surface area (Å²) in [5, 5.41) is 0. The predicted octanol–water partition coefficient (Wildman–Crippen LogP) is 3.16. The lowest BCUT2D eigenvalue weighted by Gasteiger charge is -2.23. The van der Waals surface area contributed by atoms with Gasteiger partial charge in [0.25, 0.3) is 0 Å². The lowest BCUT2D eigenvalue weighted by atomic mass is 9.97. The van der Waals surface area contributed by atoms with Crippen molar-refractivity contribution in [3.63, 3.8) is 0 Å². The van der Waals surface area contributed by atoms with Gasteiger partial charge in [0.2, 0.25) is 0 Å². The first-order valence-electron chi connectivity index (χ1n) is 6.25. The van der Waals surface area contributed by atoms with Gasteiger partial charge in [-0.3, -0.25) is 5.84 Å². The van der Waals surface area contributed by atoms with Crippen molar-refractivity contribution in [2.24, 2.45) is 5.84 Å². The van der Waals surface area contributed by atoms with Crippen LogP contribution in [0.2, 0.25) is 0 Å². The maximum atomic E-state index is 13.8. The molecule has 6 heteroatoms. The number of benzene rings is 2. The van der Waals surface area contributed by atoms with Crippen molar-refractivity contribution in [2.75, 3.05) is 14.2 Å². The van der Waals surface area contributed by atoms with E-state index >= 15 is 0 Å². The van der Waals surface area contributed by atoms with E-state index < -0.39 is 6.04 Å². The average Bonchev–Trinajstić information content (AvgIpc) is 2.52. The SMILES string of the molecule is COc1cccc(OC)c1C(NN)c1cccc(F)c1Br. The molecule has 0 bridgehead atoms. The van der Waals surface area contributed by atoms with Crippen LogP contribution in [0, 0.1) is 5.82 Å². The lowest BCUT2D eigenvalue weighted by Crippen LogP contribution is -2.30. The van der Waals surface area contributed by atoms with Crippen LogP contribution in [0.3, 0.4) is 0 Å². The van der Waals surface area contributed by atoms with E-state index in [1.54, 1.807) is 38.5 Å². The number of hydrogen-bond acceptors (Lipinski definition) is 4. The van der Waals surface area contributed by atoms with Gasteiger partial charge in [-0.25, -0.2) is 9.82 Å². The van der Waals surface area contributed by atoms with E-state index in [0.717, 1.165) is 0 Å². The summed E-state index contributed by atoms with van der Waals surface area (Å²) in [5.41, 5.74) is 4.05. The first kappa shape index (κ1) is 15.8. The summed E-state index contributed by atoms with van der Waals surface area (Å²) < 4.78 is 24.9. The molecular weight excluding hydrogens is 339 g/mol. The molecule has 2 aromatic carbocycles. The summed E-state index contributed by atoms with van der Waals surface area (Å²) in [6, 6.07) is 9.72. The van der Waals surface area contributed by atoms with E-state index in [2.05, 4.69) is 21.4 Å². The third-order valence-corrected chi connectivity index (χ3v) is 4.05. The Morgan fingerprint density at radius 3 is 2.19 bits per heavy atom. The standard InChI is InChI=1S/C15H16BrFN2O2/c1-20-11-7-4-8-12(21-2)13(11)15(19-18)9-5-3-6-10(17)14(9)16/h3-8,15,19H,18H2,1-2H3. The van der Waals surface area contributed by atoms with Gasteiger partial charge < -0.3 is 9.47 Å². The quantitative estimate of drug-likeness (QED) is 0.639. The molecule has 0 saturated heterocycles. The molecule has 1 atom stereocenters. The van der Waals surface area contributed by atoms with E-state index in [0.29, 0.717) is 27.1 Å². The van der Waals surface area contributed by atoms with E-state index in [1.807, 2.05) is 6.07 Å². The molecule has 112 valence electrons. The largest absolute Gasteiger partial charge is 0.496 e. The number of nitrogens with one attached hydrogen (secondary N) is 1. The zero-order valence-electron chi connectivity index (χ0n) is 11.7. The van der Waals surface area contributed by atoms with Crippen LogP contribution in [-0.2, 0) is 0 Å². The first-order chi connectivity index (χ1) is 10.1. The molecule has 21 heavy (non-hydrogen) atoms. The normalized spacial score (nSPS) is 12.0. The van der Waals surface area contributed by atoms with Gasteiger partial charge in [-0.2, -0.15) is 0 Å². The Kier molecular flexibility index (Phi) is 5.17. The molecule has 1 unspecified atom stereocenters. The van der Waals surface area contributed by atoms with Crippen LogP contribution >= 0.6 is 15.9 Å². The van der Waals surface area contributed by atoms with Crippen molar-refractivity contribution in [1.29, 1.82) is 0 Å². The maximum Gasteiger partial charge on any atom is 0.137 e. The Balaban J connectivity index is 2.64. The van der Waals surface area contributed by atoms with Crippen molar-refractivity contribution in [3.8, 4) is 11.5 Å². The van der Waals surface area contributed by atoms with Gasteiger partial charge in [-0.1, -0.05) is 18.2 Å². The molecule has 0 aliphatic heterocycles. The third kappa shape index (κ3) is 3.02. The molecule has 0 aliphatic rings. The van der Waals surface area contributed by atoms with Crippen LogP contribution in [0.25, 0.3) is 0 Å². The highest BCUT2D eigenvalue weighted by molar-refractivity contribution is 9.10. The van der Waals surface area contributed by atoms with Crippen molar-refractivity contribution < 1.29 is 13.9 Å². The molecule has 0 amide bonds. The van der Waals surface area contributed by atoms with Gasteiger partial charge in [0.15, 0.2) is 0 Å². The number of rotatable bonds is 5. The molecule has 4 nitrogen and oxygen atoms in total. The fourth-order valence-corrected chi connectivity index (χ4v) is 2.73. The summed E-state index contributed by atoms with van der Waals surface area (Å²) in [5.74, 6) is 6.55. The Morgan fingerprint density at radius 1 is 1.10 bits per heavy atom. The Hall–Kier alpha value is -1.63. The number of hydrazine groups is 1. The number of hydrogen-bond donors (Lipinski definition) is 2. The van der Waals surface area contributed by atoms with Gasteiger partial charge in [0.1, 0.15) is 17.3 Å². The average molecular weight is 355 g/mol. The minimum absolute atomic E-state index is 0.348. The maximum absolute atomic E-state index is 13.8. The minimum atomic E-state index is -0.485. The number of nitrogens with two attached hydrogens (primary N) is 1. The summed E-state index contributed by atoms with van der Waals surface area (Å²) in [6.07, 6.45) is 0. The zero-order valence-corrected chi connectivity index (χ0v) is 13.3. The van der Waals surface area contributed by atoms with Gasteiger partial charge in [0.05, 0.1) is 30.3 Å². The van der Waals surface area contributed by atoms with E-state index in [-0.39, 0.29) is 5.82 Å². The second kappa shape index (κ2) is 6.89. The summed E-state index contributed by atoms with van der Waals surface area (Å²) in [7, 11) is 3.12. The Bertz CT molecular complexity index is 615. The zero-order chi connectivity index (χ0) is 15.4. The smallest absolute Gasteiger partial charge is 0.137 e. The third-order valence-electron chi connectivity index (χ3n) is 3.21. The van der Waals surface area contributed by atoms with Crippen molar-refractivity contribution in [2.45, 2.75) is 6.04 Å². The second-order valence-electron chi connectivity index (χ2n) is 4.32. The van der Waals surface area contributed by atoms with Crippen molar-refractivity contribution in [1.82, 2.24) is 5.43 Å². The van der Waals surface area contributed by atoms with E-state index in [9.17, 15) is 4.39 Å². The molecule has 2 aromatic rings. The molecule has 3 N–H and O–H groups in total. The highest BCUT2D eigenvalue weighted by Gasteiger charge is 2.24. The van der Waals surface area contributed by atoms with Gasteiger partial charge in [-0.15, -0.1) is 0 Å². The predicted molar refractivity (Wildman–Crippen MR) is 82.8 cm³/mol. The van der Waals surface area contributed by atoms with Crippen LogP contribution in [0.5, 0.6) is 11.5 Å². The van der Waals surface area contributed by atoms with E-state index in [1.165, 1.54) is 6.07 Å². The Morgan fingerprint density at radius 2 is 1.67 bits per heavy atom. The number of halogens is 2. The fourth-order valence-electron chi connectivity index (χ4n) is 2.24. The molecule has 0 aliphatic carbocycles. The van der Waals surface area contributed by atoms with Crippen LogP contribution in [-0.4, -0.2) is 14.2 Å². The summed E-state index contributed by atoms with van der Waals surface area (Å²) in [6.45, 7) is 0. The Labute approximate surface area is 131 Å². The molecule has 0 radical (unpaired) electrons. The fraction of sp³-hybridized carbons (Fsp3) is 0.200. The molecular formula is C15H16BrFN2O2. The molecule has 0 aromatic heterocycles. The van der Waals surface area contributed by atoms with Crippen LogP contribution in [0.1, 0.15) is 17.2 Å². The highest BCUT2D eigenvalue weighted by atomic mass is 79.9. The molecule has 0 fully saturated rings. The van der Waals surface area contributed by atoms with Crippen LogP contribution in [0.15, 0.2) is 40.9 Å². The summed E-state index contributed by atoms with van der Waals surface area (Å²) in [4.78, 5) is 0. The molecule has 0 heterocycles. The first-order valence-corrected chi connectivity index (χ1v) is 7.04.